The molecule has 0 aliphatic carbocycles. The van der Waals surface area contributed by atoms with Crippen molar-refractivity contribution in [2.45, 2.75) is 12.5 Å². The van der Waals surface area contributed by atoms with Crippen LogP contribution in [0.4, 0.5) is 5.82 Å². The van der Waals surface area contributed by atoms with Gasteiger partial charge in [0.05, 0.1) is 18.6 Å². The van der Waals surface area contributed by atoms with Crippen molar-refractivity contribution in [2.75, 3.05) is 18.0 Å². The van der Waals surface area contributed by atoms with Crippen LogP contribution in [-0.2, 0) is 7.05 Å². The lowest BCUT2D eigenvalue weighted by molar-refractivity contribution is 0.198. The molecule has 0 amide bonds. The third-order valence-electron chi connectivity index (χ3n) is 2.28. The molecule has 1 aliphatic rings. The first-order valence-electron chi connectivity index (χ1n) is 4.16. The SMILES string of the molecule is Cn1cncc1N1CCC(O)C1. The summed E-state index contributed by atoms with van der Waals surface area (Å²) in [6, 6.07) is 0. The van der Waals surface area contributed by atoms with Crippen LogP contribution in [0.2, 0.25) is 0 Å². The van der Waals surface area contributed by atoms with Gasteiger partial charge in [0, 0.05) is 20.1 Å². The molecule has 0 aromatic carbocycles. The molecule has 0 radical (unpaired) electrons. The van der Waals surface area contributed by atoms with Crippen molar-refractivity contribution in [2.24, 2.45) is 7.05 Å². The van der Waals surface area contributed by atoms with Crippen molar-refractivity contribution in [1.82, 2.24) is 9.55 Å². The lowest BCUT2D eigenvalue weighted by atomic mass is 10.3. The Kier molecular flexibility index (Phi) is 1.77. The molecule has 2 rings (SSSR count). The molecular formula is C8H13N3O. The highest BCUT2D eigenvalue weighted by Gasteiger charge is 2.21. The first-order chi connectivity index (χ1) is 5.77. The lowest BCUT2D eigenvalue weighted by Gasteiger charge is -2.16. The predicted molar refractivity (Wildman–Crippen MR) is 46.0 cm³/mol. The van der Waals surface area contributed by atoms with Crippen LogP contribution in [-0.4, -0.2) is 33.9 Å². The van der Waals surface area contributed by atoms with Crippen LogP contribution in [0.5, 0.6) is 0 Å². The highest BCUT2D eigenvalue weighted by Crippen LogP contribution is 2.18. The van der Waals surface area contributed by atoms with Crippen molar-refractivity contribution < 1.29 is 5.11 Å². The molecule has 66 valence electrons. The second-order valence-corrected chi connectivity index (χ2v) is 3.25. The molecule has 1 aromatic rings. The number of nitrogens with zero attached hydrogens (tertiary/aromatic N) is 3. The Morgan fingerprint density at radius 2 is 2.50 bits per heavy atom. The van der Waals surface area contributed by atoms with E-state index in [0.717, 1.165) is 25.3 Å². The monoisotopic (exact) mass is 167 g/mol. The van der Waals surface area contributed by atoms with E-state index in [4.69, 9.17) is 0 Å². The number of aliphatic hydroxyl groups is 1. The Labute approximate surface area is 71.4 Å². The summed E-state index contributed by atoms with van der Waals surface area (Å²) in [5.41, 5.74) is 0. The van der Waals surface area contributed by atoms with Gasteiger partial charge in [-0.15, -0.1) is 0 Å². The minimum atomic E-state index is -0.167. The normalized spacial score (nSPS) is 23.5. The van der Waals surface area contributed by atoms with Gasteiger partial charge in [0.2, 0.25) is 0 Å². The van der Waals surface area contributed by atoms with Crippen molar-refractivity contribution in [3.63, 3.8) is 0 Å². The zero-order chi connectivity index (χ0) is 8.55. The largest absolute Gasteiger partial charge is 0.391 e. The molecule has 12 heavy (non-hydrogen) atoms. The van der Waals surface area contributed by atoms with E-state index >= 15 is 0 Å². The van der Waals surface area contributed by atoms with E-state index in [0.29, 0.717) is 0 Å². The van der Waals surface area contributed by atoms with E-state index in [1.54, 1.807) is 6.33 Å². The Morgan fingerprint density at radius 3 is 3.00 bits per heavy atom. The van der Waals surface area contributed by atoms with Crippen LogP contribution in [0.3, 0.4) is 0 Å². The van der Waals surface area contributed by atoms with Crippen molar-refractivity contribution in [3.05, 3.63) is 12.5 Å². The van der Waals surface area contributed by atoms with Crippen molar-refractivity contribution in [1.29, 1.82) is 0 Å². The number of imidazole rings is 1. The van der Waals surface area contributed by atoms with Gasteiger partial charge < -0.3 is 14.6 Å². The Morgan fingerprint density at radius 1 is 1.67 bits per heavy atom. The second kappa shape index (κ2) is 2.79. The fourth-order valence-corrected chi connectivity index (χ4v) is 1.60. The van der Waals surface area contributed by atoms with Crippen molar-refractivity contribution in [3.8, 4) is 0 Å². The molecule has 0 bridgehead atoms. The van der Waals surface area contributed by atoms with Gasteiger partial charge in [-0.1, -0.05) is 0 Å². The average molecular weight is 167 g/mol. The van der Waals surface area contributed by atoms with E-state index in [1.807, 2.05) is 17.8 Å². The quantitative estimate of drug-likeness (QED) is 0.639. The minimum Gasteiger partial charge on any atom is -0.391 e. The molecule has 1 aromatic heterocycles. The third-order valence-corrected chi connectivity index (χ3v) is 2.28. The summed E-state index contributed by atoms with van der Waals surface area (Å²) in [6.45, 7) is 1.67. The second-order valence-electron chi connectivity index (χ2n) is 3.25. The summed E-state index contributed by atoms with van der Waals surface area (Å²) in [6.07, 6.45) is 4.31. The van der Waals surface area contributed by atoms with Crippen molar-refractivity contribution >= 4 is 5.82 Å². The minimum absolute atomic E-state index is 0.167. The fraction of sp³-hybridized carbons (Fsp3) is 0.625. The molecule has 0 saturated carbocycles. The first kappa shape index (κ1) is 7.61. The molecular weight excluding hydrogens is 154 g/mol. The predicted octanol–water partition coefficient (Wildman–Crippen LogP) is -0.00890. The number of aliphatic hydroxyl groups excluding tert-OH is 1. The van der Waals surface area contributed by atoms with Gasteiger partial charge in [-0.3, -0.25) is 0 Å². The van der Waals surface area contributed by atoms with E-state index in [2.05, 4.69) is 9.88 Å². The number of anilines is 1. The van der Waals surface area contributed by atoms with Gasteiger partial charge in [0.1, 0.15) is 5.82 Å². The van der Waals surface area contributed by atoms with Crippen LogP contribution >= 0.6 is 0 Å². The smallest absolute Gasteiger partial charge is 0.128 e. The fourth-order valence-electron chi connectivity index (χ4n) is 1.60. The Hall–Kier alpha value is -1.03. The van der Waals surface area contributed by atoms with Crippen LogP contribution in [0.1, 0.15) is 6.42 Å². The van der Waals surface area contributed by atoms with Crippen LogP contribution < -0.4 is 4.90 Å². The first-order valence-corrected chi connectivity index (χ1v) is 4.16. The van der Waals surface area contributed by atoms with Gasteiger partial charge in [-0.05, 0) is 6.42 Å². The molecule has 1 aliphatic heterocycles. The lowest BCUT2D eigenvalue weighted by Crippen LogP contribution is -2.23. The molecule has 4 heteroatoms. The summed E-state index contributed by atoms with van der Waals surface area (Å²) in [7, 11) is 1.97. The van der Waals surface area contributed by atoms with E-state index in [-0.39, 0.29) is 6.10 Å². The molecule has 1 saturated heterocycles. The summed E-state index contributed by atoms with van der Waals surface area (Å²) >= 11 is 0. The van der Waals surface area contributed by atoms with Crippen LogP contribution in [0, 0.1) is 0 Å². The average Bonchev–Trinajstić information content (AvgIpc) is 2.58. The maximum atomic E-state index is 9.32. The molecule has 1 N–H and O–H groups in total. The molecule has 1 atom stereocenters. The van der Waals surface area contributed by atoms with Crippen LogP contribution in [0.25, 0.3) is 0 Å². The van der Waals surface area contributed by atoms with E-state index < -0.39 is 0 Å². The molecule has 0 spiro atoms. The van der Waals surface area contributed by atoms with E-state index in [9.17, 15) is 5.11 Å². The van der Waals surface area contributed by atoms with Gasteiger partial charge in [0.15, 0.2) is 0 Å². The zero-order valence-electron chi connectivity index (χ0n) is 7.14. The maximum absolute atomic E-state index is 9.32. The third kappa shape index (κ3) is 1.18. The van der Waals surface area contributed by atoms with Gasteiger partial charge in [-0.25, -0.2) is 4.98 Å². The zero-order valence-corrected chi connectivity index (χ0v) is 7.14. The summed E-state index contributed by atoms with van der Waals surface area (Å²) < 4.78 is 1.97. The number of hydrogen-bond acceptors (Lipinski definition) is 3. The number of hydrogen-bond donors (Lipinski definition) is 1. The topological polar surface area (TPSA) is 41.3 Å². The number of rotatable bonds is 1. The molecule has 1 fully saturated rings. The van der Waals surface area contributed by atoms with Gasteiger partial charge >= 0.3 is 0 Å². The molecule has 2 heterocycles. The summed E-state index contributed by atoms with van der Waals surface area (Å²) in [5.74, 6) is 1.09. The highest BCUT2D eigenvalue weighted by atomic mass is 16.3. The van der Waals surface area contributed by atoms with Gasteiger partial charge in [0.25, 0.3) is 0 Å². The number of aromatic nitrogens is 2. The van der Waals surface area contributed by atoms with Crippen LogP contribution in [0.15, 0.2) is 12.5 Å². The summed E-state index contributed by atoms with van der Waals surface area (Å²) in [5, 5.41) is 9.32. The number of aryl methyl sites for hydroxylation is 1. The number of β-amino-alcohol motifs (C(OH)–C–C–N with tert-alkyl or cyclic N) is 1. The molecule has 1 unspecified atom stereocenters. The standard InChI is InChI=1S/C8H13N3O/c1-10-6-9-4-8(10)11-3-2-7(12)5-11/h4,6-7,12H,2-3,5H2,1H3. The summed E-state index contributed by atoms with van der Waals surface area (Å²) in [4.78, 5) is 6.18. The molecule has 4 nitrogen and oxygen atoms in total. The van der Waals surface area contributed by atoms with E-state index in [1.165, 1.54) is 0 Å². The highest BCUT2D eigenvalue weighted by molar-refractivity contribution is 5.38. The Balaban J connectivity index is 2.16. The Bertz CT molecular complexity index is 271. The van der Waals surface area contributed by atoms with Gasteiger partial charge in [-0.2, -0.15) is 0 Å². The maximum Gasteiger partial charge on any atom is 0.128 e.